The summed E-state index contributed by atoms with van der Waals surface area (Å²) in [7, 11) is 0. The average Bonchev–Trinajstić information content (AvgIpc) is 2.60. The summed E-state index contributed by atoms with van der Waals surface area (Å²) in [6, 6.07) is 0. The maximum absolute atomic E-state index is 13.4. The van der Waals surface area contributed by atoms with E-state index >= 15 is 0 Å². The number of rotatable bonds is 1. The SMILES string of the molecule is CCc1nc(C)c(F)n2ccnc12. The van der Waals surface area contributed by atoms with Crippen molar-refractivity contribution in [2.45, 2.75) is 20.3 Å². The zero-order chi connectivity index (χ0) is 9.42. The molecule has 68 valence electrons. The number of aromatic nitrogens is 3. The minimum Gasteiger partial charge on any atom is -0.273 e. The van der Waals surface area contributed by atoms with Gasteiger partial charge in [-0.05, 0) is 13.3 Å². The predicted molar refractivity (Wildman–Crippen MR) is 47.1 cm³/mol. The van der Waals surface area contributed by atoms with Crippen LogP contribution in [0.1, 0.15) is 18.3 Å². The maximum Gasteiger partial charge on any atom is 0.220 e. The molecule has 0 atom stereocenters. The second kappa shape index (κ2) is 2.80. The van der Waals surface area contributed by atoms with Crippen molar-refractivity contribution in [3.8, 4) is 0 Å². The topological polar surface area (TPSA) is 30.2 Å². The molecule has 2 aromatic rings. The molecule has 0 N–H and O–H groups in total. The van der Waals surface area contributed by atoms with Gasteiger partial charge in [0.2, 0.25) is 5.95 Å². The van der Waals surface area contributed by atoms with Crippen molar-refractivity contribution < 1.29 is 4.39 Å². The molecular weight excluding hydrogens is 169 g/mol. The molecule has 0 fully saturated rings. The van der Waals surface area contributed by atoms with Gasteiger partial charge in [0.25, 0.3) is 0 Å². The smallest absolute Gasteiger partial charge is 0.220 e. The van der Waals surface area contributed by atoms with Crippen LogP contribution in [0.2, 0.25) is 0 Å². The summed E-state index contributed by atoms with van der Waals surface area (Å²) in [5.74, 6) is -0.329. The van der Waals surface area contributed by atoms with Gasteiger partial charge in [-0.1, -0.05) is 6.92 Å². The van der Waals surface area contributed by atoms with Crippen LogP contribution in [0.5, 0.6) is 0 Å². The summed E-state index contributed by atoms with van der Waals surface area (Å²) in [6.45, 7) is 3.64. The van der Waals surface area contributed by atoms with Gasteiger partial charge in [0.15, 0.2) is 5.65 Å². The molecule has 3 nitrogen and oxygen atoms in total. The Morgan fingerprint density at radius 1 is 1.54 bits per heavy atom. The molecule has 2 heterocycles. The highest BCUT2D eigenvalue weighted by atomic mass is 19.1. The number of hydrogen-bond acceptors (Lipinski definition) is 2. The molecule has 2 rings (SSSR count). The van der Waals surface area contributed by atoms with Crippen LogP contribution in [0.3, 0.4) is 0 Å². The van der Waals surface area contributed by atoms with Crippen molar-refractivity contribution >= 4 is 5.65 Å². The second-order valence-electron chi connectivity index (χ2n) is 2.91. The van der Waals surface area contributed by atoms with Gasteiger partial charge in [-0.15, -0.1) is 0 Å². The van der Waals surface area contributed by atoms with Crippen LogP contribution in [0.15, 0.2) is 12.4 Å². The van der Waals surface area contributed by atoms with Gasteiger partial charge in [-0.2, -0.15) is 4.39 Å². The molecule has 13 heavy (non-hydrogen) atoms. The monoisotopic (exact) mass is 179 g/mol. The molecule has 0 aliphatic carbocycles. The van der Waals surface area contributed by atoms with E-state index in [2.05, 4.69) is 9.97 Å². The fraction of sp³-hybridized carbons (Fsp3) is 0.333. The van der Waals surface area contributed by atoms with E-state index in [9.17, 15) is 4.39 Å². The van der Waals surface area contributed by atoms with Gasteiger partial charge in [-0.3, -0.25) is 4.40 Å². The van der Waals surface area contributed by atoms with Gasteiger partial charge in [-0.25, -0.2) is 9.97 Å². The highest BCUT2D eigenvalue weighted by Crippen LogP contribution is 2.12. The molecule has 0 aliphatic heterocycles. The minimum absolute atomic E-state index is 0.329. The van der Waals surface area contributed by atoms with Gasteiger partial charge >= 0.3 is 0 Å². The fourth-order valence-corrected chi connectivity index (χ4v) is 1.39. The van der Waals surface area contributed by atoms with Crippen LogP contribution >= 0.6 is 0 Å². The second-order valence-corrected chi connectivity index (χ2v) is 2.91. The summed E-state index contributed by atoms with van der Waals surface area (Å²) in [5.41, 5.74) is 1.87. The lowest BCUT2D eigenvalue weighted by Gasteiger charge is -2.03. The average molecular weight is 179 g/mol. The number of fused-ring (bicyclic) bond motifs is 1. The number of aryl methyl sites for hydroxylation is 2. The van der Waals surface area contributed by atoms with Crippen molar-refractivity contribution in [3.63, 3.8) is 0 Å². The van der Waals surface area contributed by atoms with Crippen molar-refractivity contribution in [1.82, 2.24) is 14.4 Å². The first-order chi connectivity index (χ1) is 6.24. The first-order valence-electron chi connectivity index (χ1n) is 4.22. The molecule has 0 saturated heterocycles. The van der Waals surface area contributed by atoms with Crippen LogP contribution in [0.4, 0.5) is 4.39 Å². The Kier molecular flexibility index (Phi) is 1.76. The highest BCUT2D eigenvalue weighted by molar-refractivity contribution is 5.44. The third kappa shape index (κ3) is 1.09. The van der Waals surface area contributed by atoms with Gasteiger partial charge in [0.1, 0.15) is 0 Å². The Bertz CT molecular complexity index is 447. The third-order valence-corrected chi connectivity index (χ3v) is 2.05. The van der Waals surface area contributed by atoms with Crippen molar-refractivity contribution in [3.05, 3.63) is 29.7 Å². The lowest BCUT2D eigenvalue weighted by Crippen LogP contribution is -2.03. The number of halogens is 1. The summed E-state index contributed by atoms with van der Waals surface area (Å²) in [6.07, 6.45) is 3.96. The molecule has 0 aliphatic rings. The van der Waals surface area contributed by atoms with Crippen molar-refractivity contribution in [2.75, 3.05) is 0 Å². The first-order valence-corrected chi connectivity index (χ1v) is 4.22. The number of imidazole rings is 1. The molecule has 0 saturated carbocycles. The molecule has 0 bridgehead atoms. The lowest BCUT2D eigenvalue weighted by atomic mass is 10.3. The zero-order valence-corrected chi connectivity index (χ0v) is 7.58. The van der Waals surface area contributed by atoms with Crippen molar-refractivity contribution in [1.29, 1.82) is 0 Å². The predicted octanol–water partition coefficient (Wildman–Crippen LogP) is 1.74. The normalized spacial score (nSPS) is 11.0. The largest absolute Gasteiger partial charge is 0.273 e. The maximum atomic E-state index is 13.4. The molecule has 2 aromatic heterocycles. The fourth-order valence-electron chi connectivity index (χ4n) is 1.39. The molecule has 0 radical (unpaired) electrons. The Hall–Kier alpha value is -1.45. The van der Waals surface area contributed by atoms with Gasteiger partial charge in [0, 0.05) is 12.4 Å². The van der Waals surface area contributed by atoms with E-state index in [0.29, 0.717) is 11.3 Å². The number of nitrogens with zero attached hydrogens (tertiary/aromatic N) is 3. The summed E-state index contributed by atoms with van der Waals surface area (Å²) >= 11 is 0. The first kappa shape index (κ1) is 8.16. The van der Waals surface area contributed by atoms with Gasteiger partial charge in [0.05, 0.1) is 11.4 Å². The third-order valence-electron chi connectivity index (χ3n) is 2.05. The molecular formula is C9H10FN3. The van der Waals surface area contributed by atoms with Crippen molar-refractivity contribution in [2.24, 2.45) is 0 Å². The Morgan fingerprint density at radius 3 is 3.00 bits per heavy atom. The Morgan fingerprint density at radius 2 is 2.31 bits per heavy atom. The van der Waals surface area contributed by atoms with E-state index in [-0.39, 0.29) is 5.95 Å². The van der Waals surface area contributed by atoms with E-state index in [1.807, 2.05) is 6.92 Å². The van der Waals surface area contributed by atoms with E-state index < -0.39 is 0 Å². The lowest BCUT2D eigenvalue weighted by molar-refractivity contribution is 0.547. The quantitative estimate of drug-likeness (QED) is 0.667. The Balaban J connectivity index is 2.87. The van der Waals surface area contributed by atoms with E-state index in [1.54, 1.807) is 19.3 Å². The standard InChI is InChI=1S/C9H10FN3/c1-3-7-9-11-4-5-13(9)8(10)6(2)12-7/h4-5H,3H2,1-2H3. The number of hydrogen-bond donors (Lipinski definition) is 0. The molecule has 0 spiro atoms. The summed E-state index contributed by atoms with van der Waals surface area (Å²) in [5, 5.41) is 0. The van der Waals surface area contributed by atoms with E-state index in [1.165, 1.54) is 4.40 Å². The molecule has 0 unspecified atom stereocenters. The van der Waals surface area contributed by atoms with Crippen LogP contribution < -0.4 is 0 Å². The molecule has 0 amide bonds. The van der Waals surface area contributed by atoms with Crippen LogP contribution in [0.25, 0.3) is 5.65 Å². The summed E-state index contributed by atoms with van der Waals surface area (Å²) < 4.78 is 14.8. The summed E-state index contributed by atoms with van der Waals surface area (Å²) in [4.78, 5) is 8.19. The Labute approximate surface area is 75.2 Å². The van der Waals surface area contributed by atoms with Crippen LogP contribution in [-0.4, -0.2) is 14.4 Å². The molecule has 0 aromatic carbocycles. The van der Waals surface area contributed by atoms with Gasteiger partial charge < -0.3 is 0 Å². The van der Waals surface area contributed by atoms with E-state index in [0.717, 1.165) is 12.1 Å². The van der Waals surface area contributed by atoms with E-state index in [4.69, 9.17) is 0 Å². The highest BCUT2D eigenvalue weighted by Gasteiger charge is 2.09. The minimum atomic E-state index is -0.329. The molecule has 4 heteroatoms. The zero-order valence-electron chi connectivity index (χ0n) is 7.58. The van der Waals surface area contributed by atoms with Crippen LogP contribution in [-0.2, 0) is 6.42 Å². The van der Waals surface area contributed by atoms with Crippen LogP contribution in [0, 0.1) is 12.9 Å².